The van der Waals surface area contributed by atoms with E-state index in [1.165, 1.54) is 5.56 Å². The summed E-state index contributed by atoms with van der Waals surface area (Å²) in [5.41, 5.74) is 7.03. The van der Waals surface area contributed by atoms with Crippen molar-refractivity contribution in [3.63, 3.8) is 0 Å². The lowest BCUT2D eigenvalue weighted by Crippen LogP contribution is -2.25. The highest BCUT2D eigenvalue weighted by atomic mass is 16.5. The molecule has 0 unspecified atom stereocenters. The van der Waals surface area contributed by atoms with E-state index in [1.54, 1.807) is 11.8 Å². The lowest BCUT2D eigenvalue weighted by atomic mass is 9.84. The quantitative estimate of drug-likeness (QED) is 0.189. The fourth-order valence-electron chi connectivity index (χ4n) is 5.63. The van der Waals surface area contributed by atoms with Crippen molar-refractivity contribution in [2.45, 2.75) is 25.7 Å². The maximum atomic E-state index is 10.2. The first kappa shape index (κ1) is 25.9. The number of oxime groups is 1. The molecule has 2 atom stereocenters. The summed E-state index contributed by atoms with van der Waals surface area (Å²) in [7, 11) is 3.65. The fraction of sp³-hybridized carbons (Fsp3) is 0.367. The van der Waals surface area contributed by atoms with Gasteiger partial charge in [-0.05, 0) is 42.5 Å². The summed E-state index contributed by atoms with van der Waals surface area (Å²) < 4.78 is 9.12. The van der Waals surface area contributed by atoms with Gasteiger partial charge in [0.1, 0.15) is 0 Å². The molecular weight excluding hydrogens is 476 g/mol. The summed E-state index contributed by atoms with van der Waals surface area (Å²) in [6.45, 7) is 5.62. The van der Waals surface area contributed by atoms with Crippen molar-refractivity contribution in [2.75, 3.05) is 33.4 Å². The van der Waals surface area contributed by atoms with Crippen LogP contribution in [0.15, 0.2) is 78.2 Å². The molecule has 1 aliphatic heterocycles. The smallest absolute Gasteiger partial charge is 0.0991 e. The molecule has 5 rings (SSSR count). The molecule has 0 spiro atoms. The second-order valence-electron chi connectivity index (χ2n) is 10.1. The van der Waals surface area contributed by atoms with Gasteiger partial charge >= 0.3 is 0 Å². The molecule has 8 heteroatoms. The third-order valence-corrected chi connectivity index (χ3v) is 7.59. The minimum Gasteiger partial charge on any atom is -0.411 e. The Labute approximate surface area is 224 Å². The Morgan fingerprint density at radius 3 is 2.47 bits per heavy atom. The van der Waals surface area contributed by atoms with Gasteiger partial charge in [0, 0.05) is 57.9 Å². The highest BCUT2D eigenvalue weighted by Crippen LogP contribution is 2.36. The standard InChI is InChI=1S/C30H36N6O2/c1-22-29(36(27-12-8-5-9-13-27)32-30(22)25-18-31-34(2)19-25)17-26(33-37)16-24-20-35(14-15-38-3)21-28(24)23-10-6-4-7-11-23/h4-13,18-19,24,28,37H,14-17,20-21H2,1-3H3/t24-,28+/m1/s1. The predicted octanol–water partition coefficient (Wildman–Crippen LogP) is 4.71. The van der Waals surface area contributed by atoms with Crippen LogP contribution >= 0.6 is 0 Å². The molecule has 8 nitrogen and oxygen atoms in total. The van der Waals surface area contributed by atoms with E-state index >= 15 is 0 Å². The Morgan fingerprint density at radius 1 is 1.08 bits per heavy atom. The summed E-state index contributed by atoms with van der Waals surface area (Å²) in [6.07, 6.45) is 5.04. The Hall–Kier alpha value is -3.75. The molecule has 0 radical (unpaired) electrons. The Kier molecular flexibility index (Phi) is 8.00. The van der Waals surface area contributed by atoms with E-state index in [2.05, 4.69) is 64.5 Å². The zero-order valence-electron chi connectivity index (χ0n) is 22.4. The Morgan fingerprint density at radius 2 is 1.82 bits per heavy atom. The molecule has 0 aliphatic carbocycles. The summed E-state index contributed by atoms with van der Waals surface area (Å²) in [6, 6.07) is 20.8. The predicted molar refractivity (Wildman–Crippen MR) is 149 cm³/mol. The number of hydrogen-bond donors (Lipinski definition) is 1. The number of benzene rings is 2. The molecule has 2 aromatic heterocycles. The van der Waals surface area contributed by atoms with Gasteiger partial charge in [0.15, 0.2) is 0 Å². The summed E-state index contributed by atoms with van der Waals surface area (Å²) in [5, 5.41) is 23.4. The Bertz CT molecular complexity index is 1360. The van der Waals surface area contributed by atoms with Crippen LogP contribution in [0, 0.1) is 12.8 Å². The van der Waals surface area contributed by atoms with Crippen LogP contribution in [0.4, 0.5) is 0 Å². The van der Waals surface area contributed by atoms with Crippen LogP contribution in [0.1, 0.15) is 29.2 Å². The first-order valence-electron chi connectivity index (χ1n) is 13.2. The number of methoxy groups -OCH3 is 1. The number of ether oxygens (including phenoxy) is 1. The van der Waals surface area contributed by atoms with Gasteiger partial charge in [-0.1, -0.05) is 53.7 Å². The fourth-order valence-corrected chi connectivity index (χ4v) is 5.63. The summed E-state index contributed by atoms with van der Waals surface area (Å²) in [5.74, 6) is 0.710. The normalized spacial score (nSPS) is 18.3. The van der Waals surface area contributed by atoms with Crippen LogP contribution in [-0.4, -0.2) is 68.7 Å². The number of hydrogen-bond acceptors (Lipinski definition) is 6. The summed E-state index contributed by atoms with van der Waals surface area (Å²) >= 11 is 0. The molecule has 38 heavy (non-hydrogen) atoms. The van der Waals surface area contributed by atoms with Gasteiger partial charge in [-0.25, -0.2) is 4.68 Å². The van der Waals surface area contributed by atoms with Crippen molar-refractivity contribution >= 4 is 5.71 Å². The van der Waals surface area contributed by atoms with Gasteiger partial charge in [-0.3, -0.25) is 4.68 Å². The maximum absolute atomic E-state index is 10.2. The highest BCUT2D eigenvalue weighted by Gasteiger charge is 2.34. The molecule has 2 aromatic carbocycles. The molecule has 198 valence electrons. The van der Waals surface area contributed by atoms with Crippen molar-refractivity contribution in [2.24, 2.45) is 18.1 Å². The van der Waals surface area contributed by atoms with E-state index < -0.39 is 0 Å². The molecule has 1 aliphatic rings. The topological polar surface area (TPSA) is 80.7 Å². The van der Waals surface area contributed by atoms with Crippen molar-refractivity contribution in [3.8, 4) is 16.9 Å². The van der Waals surface area contributed by atoms with Crippen LogP contribution in [0.3, 0.4) is 0 Å². The molecule has 3 heterocycles. The molecular formula is C30H36N6O2. The van der Waals surface area contributed by atoms with Gasteiger partial charge in [-0.2, -0.15) is 10.2 Å². The highest BCUT2D eigenvalue weighted by molar-refractivity contribution is 5.87. The van der Waals surface area contributed by atoms with Crippen molar-refractivity contribution in [1.82, 2.24) is 24.5 Å². The number of rotatable bonds is 10. The molecule has 0 bridgehead atoms. The van der Waals surface area contributed by atoms with E-state index in [0.717, 1.165) is 53.5 Å². The third-order valence-electron chi connectivity index (χ3n) is 7.59. The van der Waals surface area contributed by atoms with Gasteiger partial charge in [0.2, 0.25) is 0 Å². The van der Waals surface area contributed by atoms with Crippen LogP contribution in [0.2, 0.25) is 0 Å². The molecule has 1 fully saturated rings. The average Bonchev–Trinajstić information content (AvgIpc) is 3.65. The largest absolute Gasteiger partial charge is 0.411 e. The van der Waals surface area contributed by atoms with Crippen LogP contribution < -0.4 is 0 Å². The van der Waals surface area contributed by atoms with E-state index in [9.17, 15) is 5.21 Å². The van der Waals surface area contributed by atoms with Gasteiger partial charge < -0.3 is 14.8 Å². The van der Waals surface area contributed by atoms with Crippen molar-refractivity contribution < 1.29 is 9.94 Å². The summed E-state index contributed by atoms with van der Waals surface area (Å²) in [4.78, 5) is 2.46. The third kappa shape index (κ3) is 5.56. The number of likely N-dealkylation sites (tertiary alicyclic amines) is 1. The number of para-hydroxylation sites is 1. The number of aromatic nitrogens is 4. The van der Waals surface area contributed by atoms with Gasteiger partial charge in [0.05, 0.1) is 35.6 Å². The van der Waals surface area contributed by atoms with Crippen molar-refractivity contribution in [3.05, 3.63) is 89.9 Å². The van der Waals surface area contributed by atoms with Crippen LogP contribution in [-0.2, 0) is 18.2 Å². The zero-order valence-corrected chi connectivity index (χ0v) is 22.4. The van der Waals surface area contributed by atoms with Gasteiger partial charge in [0.25, 0.3) is 0 Å². The van der Waals surface area contributed by atoms with E-state index in [4.69, 9.17) is 9.84 Å². The van der Waals surface area contributed by atoms with Crippen LogP contribution in [0.25, 0.3) is 16.9 Å². The van der Waals surface area contributed by atoms with E-state index in [0.29, 0.717) is 31.3 Å². The minimum absolute atomic E-state index is 0.339. The molecule has 0 saturated carbocycles. The Balaban J connectivity index is 1.44. The minimum atomic E-state index is 0.339. The number of aryl methyl sites for hydroxylation is 1. The average molecular weight is 513 g/mol. The van der Waals surface area contributed by atoms with E-state index in [1.807, 2.05) is 42.3 Å². The lowest BCUT2D eigenvalue weighted by Gasteiger charge is -2.19. The first-order valence-corrected chi connectivity index (χ1v) is 13.2. The maximum Gasteiger partial charge on any atom is 0.0991 e. The molecule has 1 saturated heterocycles. The zero-order chi connectivity index (χ0) is 26.5. The van der Waals surface area contributed by atoms with E-state index in [-0.39, 0.29) is 0 Å². The molecule has 0 amide bonds. The SMILES string of the molecule is COCCN1C[C@@H](CC(Cc2c(C)c(-c3cnn(C)c3)nn2-c2ccccc2)=NO)[C@H](c2ccccc2)C1. The first-order chi connectivity index (χ1) is 18.6. The van der Waals surface area contributed by atoms with Crippen molar-refractivity contribution in [1.29, 1.82) is 0 Å². The lowest BCUT2D eigenvalue weighted by molar-refractivity contribution is 0.158. The number of nitrogens with zero attached hydrogens (tertiary/aromatic N) is 6. The second-order valence-corrected chi connectivity index (χ2v) is 10.1. The van der Waals surface area contributed by atoms with Crippen LogP contribution in [0.5, 0.6) is 0 Å². The van der Waals surface area contributed by atoms with Gasteiger partial charge in [-0.15, -0.1) is 0 Å². The monoisotopic (exact) mass is 512 g/mol. The second kappa shape index (κ2) is 11.8. The molecule has 4 aromatic rings. The molecule has 1 N–H and O–H groups in total.